The number of para-hydroxylation sites is 1. The van der Waals surface area contributed by atoms with Gasteiger partial charge in [-0.15, -0.1) is 0 Å². The molecule has 2 N–H and O–H groups in total. The minimum Gasteiger partial charge on any atom is -0.340 e. The fourth-order valence-electron chi connectivity index (χ4n) is 2.67. The van der Waals surface area contributed by atoms with Crippen molar-refractivity contribution in [2.45, 2.75) is 6.42 Å². The number of imidazole rings is 1. The minimum absolute atomic E-state index is 0.513. The Morgan fingerprint density at radius 3 is 2.44 bits per heavy atom. The lowest BCUT2D eigenvalue weighted by Crippen LogP contribution is -1.98. The van der Waals surface area contributed by atoms with Crippen LogP contribution in [0, 0.1) is 0 Å². The number of aromatic amines is 1. The van der Waals surface area contributed by atoms with Crippen molar-refractivity contribution in [3.8, 4) is 11.4 Å². The zero-order valence-corrected chi connectivity index (χ0v) is 15.7. The molecule has 0 aliphatic heterocycles. The van der Waals surface area contributed by atoms with E-state index in [1.165, 1.54) is 0 Å². The molecule has 2 aromatic carbocycles. The summed E-state index contributed by atoms with van der Waals surface area (Å²) in [5, 5.41) is 4.43. The van der Waals surface area contributed by atoms with Gasteiger partial charge in [0.25, 0.3) is 0 Å². The van der Waals surface area contributed by atoms with Crippen molar-refractivity contribution in [1.82, 2.24) is 19.9 Å². The number of rotatable bonds is 5. The molecule has 134 valence electrons. The zero-order chi connectivity index (χ0) is 18.6. The van der Waals surface area contributed by atoms with Gasteiger partial charge in [0.05, 0.1) is 17.6 Å². The Kier molecular flexibility index (Phi) is 5.05. The predicted octanol–water partition coefficient (Wildman–Crippen LogP) is 5.51. The second kappa shape index (κ2) is 7.78. The van der Waals surface area contributed by atoms with Gasteiger partial charge < -0.3 is 10.3 Å². The van der Waals surface area contributed by atoms with Crippen LogP contribution in [0.4, 0.5) is 11.6 Å². The highest BCUT2D eigenvalue weighted by Gasteiger charge is 2.11. The summed E-state index contributed by atoms with van der Waals surface area (Å²) < 4.78 is 0. The van der Waals surface area contributed by atoms with Gasteiger partial charge in [-0.2, -0.15) is 0 Å². The molecule has 0 aliphatic carbocycles. The fourth-order valence-corrected chi connectivity index (χ4v) is 3.20. The third-order valence-electron chi connectivity index (χ3n) is 4.00. The molecular weight excluding hydrogens is 381 g/mol. The Morgan fingerprint density at radius 1 is 0.889 bits per heavy atom. The number of hydrogen-bond donors (Lipinski definition) is 2. The first-order valence-electron chi connectivity index (χ1n) is 8.31. The van der Waals surface area contributed by atoms with Crippen molar-refractivity contribution in [3.05, 3.63) is 88.4 Å². The number of aromatic nitrogens is 4. The summed E-state index contributed by atoms with van der Waals surface area (Å²) in [7, 11) is 0. The summed E-state index contributed by atoms with van der Waals surface area (Å²) in [4.78, 5) is 16.5. The number of halogens is 2. The summed E-state index contributed by atoms with van der Waals surface area (Å²) in [6.07, 6.45) is 3.96. The smallest absolute Gasteiger partial charge is 0.227 e. The molecule has 4 aromatic rings. The standard InChI is InChI=1S/C20H15Cl2N5/c21-15-7-4-8-16(22)14(15)11-19-24-12-18(26-19)17-9-10-23-20(27-17)25-13-5-2-1-3-6-13/h1-10,12H,11H2,(H,24,26)(H,23,25,27). The maximum absolute atomic E-state index is 6.25. The van der Waals surface area contributed by atoms with Gasteiger partial charge in [-0.1, -0.05) is 47.5 Å². The maximum atomic E-state index is 6.25. The van der Waals surface area contributed by atoms with Crippen LogP contribution in [-0.4, -0.2) is 19.9 Å². The zero-order valence-electron chi connectivity index (χ0n) is 14.2. The lowest BCUT2D eigenvalue weighted by molar-refractivity contribution is 1.03. The van der Waals surface area contributed by atoms with E-state index in [1.807, 2.05) is 54.6 Å². The molecule has 5 nitrogen and oxygen atoms in total. The number of nitrogens with zero attached hydrogens (tertiary/aromatic N) is 3. The fraction of sp³-hybridized carbons (Fsp3) is 0.0500. The first kappa shape index (κ1) is 17.5. The van der Waals surface area contributed by atoms with E-state index >= 15 is 0 Å². The van der Waals surface area contributed by atoms with Gasteiger partial charge >= 0.3 is 0 Å². The number of hydrogen-bond acceptors (Lipinski definition) is 4. The Hall–Kier alpha value is -2.89. The Labute approximate surface area is 166 Å². The van der Waals surface area contributed by atoms with E-state index in [9.17, 15) is 0 Å². The molecule has 4 rings (SSSR count). The number of H-pyrrole nitrogens is 1. The summed E-state index contributed by atoms with van der Waals surface area (Å²) >= 11 is 12.5. The molecule has 0 saturated heterocycles. The number of nitrogens with one attached hydrogen (secondary N) is 2. The van der Waals surface area contributed by atoms with E-state index in [0.29, 0.717) is 22.4 Å². The van der Waals surface area contributed by atoms with Crippen molar-refractivity contribution in [2.24, 2.45) is 0 Å². The third-order valence-corrected chi connectivity index (χ3v) is 4.70. The van der Waals surface area contributed by atoms with Crippen molar-refractivity contribution in [1.29, 1.82) is 0 Å². The Balaban J connectivity index is 1.56. The molecule has 2 heterocycles. The molecule has 0 spiro atoms. The lowest BCUT2D eigenvalue weighted by Gasteiger charge is -2.06. The molecule has 0 bridgehead atoms. The van der Waals surface area contributed by atoms with Crippen LogP contribution in [0.15, 0.2) is 67.0 Å². The number of anilines is 2. The molecule has 7 heteroatoms. The van der Waals surface area contributed by atoms with Gasteiger partial charge in [-0.25, -0.2) is 15.0 Å². The van der Waals surface area contributed by atoms with Gasteiger partial charge in [0.1, 0.15) is 5.82 Å². The first-order valence-corrected chi connectivity index (χ1v) is 9.07. The molecule has 0 amide bonds. The van der Waals surface area contributed by atoms with E-state index in [1.54, 1.807) is 12.4 Å². The van der Waals surface area contributed by atoms with E-state index < -0.39 is 0 Å². The largest absolute Gasteiger partial charge is 0.340 e. The highest BCUT2D eigenvalue weighted by atomic mass is 35.5. The van der Waals surface area contributed by atoms with Crippen LogP contribution >= 0.6 is 23.2 Å². The molecule has 0 saturated carbocycles. The first-order chi connectivity index (χ1) is 13.2. The molecule has 0 unspecified atom stereocenters. The normalized spacial score (nSPS) is 10.7. The second-order valence-electron chi connectivity index (χ2n) is 5.88. The molecule has 0 atom stereocenters. The minimum atomic E-state index is 0.513. The van der Waals surface area contributed by atoms with Gasteiger partial charge in [0, 0.05) is 28.4 Å². The van der Waals surface area contributed by atoms with E-state index in [2.05, 4.69) is 25.3 Å². The average Bonchev–Trinajstić information content (AvgIpc) is 3.15. The molecule has 0 fully saturated rings. The SMILES string of the molecule is Clc1cccc(Cl)c1Cc1ncc(-c2ccnc(Nc3ccccc3)n2)[nH]1. The summed E-state index contributed by atoms with van der Waals surface area (Å²) in [6.45, 7) is 0. The molecule has 0 radical (unpaired) electrons. The summed E-state index contributed by atoms with van der Waals surface area (Å²) in [5.74, 6) is 1.28. The van der Waals surface area contributed by atoms with Gasteiger partial charge in [-0.3, -0.25) is 0 Å². The molecule has 2 aromatic heterocycles. The van der Waals surface area contributed by atoms with Crippen molar-refractivity contribution >= 4 is 34.8 Å². The van der Waals surface area contributed by atoms with E-state index in [4.69, 9.17) is 23.2 Å². The third kappa shape index (κ3) is 4.10. The van der Waals surface area contributed by atoms with Crippen LogP contribution in [0.2, 0.25) is 10.0 Å². The summed E-state index contributed by atoms with van der Waals surface area (Å²) in [5.41, 5.74) is 3.31. The van der Waals surface area contributed by atoms with Crippen molar-refractivity contribution in [3.63, 3.8) is 0 Å². The van der Waals surface area contributed by atoms with Crippen LogP contribution in [0.25, 0.3) is 11.4 Å². The van der Waals surface area contributed by atoms with E-state index in [-0.39, 0.29) is 0 Å². The van der Waals surface area contributed by atoms with Crippen molar-refractivity contribution < 1.29 is 0 Å². The predicted molar refractivity (Wildman–Crippen MR) is 109 cm³/mol. The Bertz CT molecular complexity index is 1040. The van der Waals surface area contributed by atoms with Crippen LogP contribution in [0.3, 0.4) is 0 Å². The van der Waals surface area contributed by atoms with E-state index in [0.717, 1.165) is 28.5 Å². The Morgan fingerprint density at radius 2 is 1.67 bits per heavy atom. The summed E-state index contributed by atoms with van der Waals surface area (Å²) in [6, 6.07) is 17.1. The van der Waals surface area contributed by atoms with Gasteiger partial charge in [0.15, 0.2) is 0 Å². The number of benzene rings is 2. The van der Waals surface area contributed by atoms with Crippen LogP contribution in [0.1, 0.15) is 11.4 Å². The lowest BCUT2D eigenvalue weighted by atomic mass is 10.1. The van der Waals surface area contributed by atoms with Crippen molar-refractivity contribution in [2.75, 3.05) is 5.32 Å². The van der Waals surface area contributed by atoms with Crippen LogP contribution in [-0.2, 0) is 6.42 Å². The average molecular weight is 396 g/mol. The molecule has 27 heavy (non-hydrogen) atoms. The van der Waals surface area contributed by atoms with Crippen LogP contribution in [0.5, 0.6) is 0 Å². The quantitative estimate of drug-likeness (QED) is 0.467. The van der Waals surface area contributed by atoms with Gasteiger partial charge in [0.2, 0.25) is 5.95 Å². The highest BCUT2D eigenvalue weighted by molar-refractivity contribution is 6.36. The van der Waals surface area contributed by atoms with Crippen LogP contribution < -0.4 is 5.32 Å². The molecule has 0 aliphatic rings. The second-order valence-corrected chi connectivity index (χ2v) is 6.69. The molecular formula is C20H15Cl2N5. The highest BCUT2D eigenvalue weighted by Crippen LogP contribution is 2.27. The maximum Gasteiger partial charge on any atom is 0.227 e. The van der Waals surface area contributed by atoms with Gasteiger partial charge in [-0.05, 0) is 35.9 Å². The topological polar surface area (TPSA) is 66.5 Å². The monoisotopic (exact) mass is 395 g/mol.